The van der Waals surface area contributed by atoms with Crippen LogP contribution in [0.4, 0.5) is 10.6 Å². The molecule has 6 nitrogen and oxygen atoms in total. The molecule has 0 spiro atoms. The fourth-order valence-corrected chi connectivity index (χ4v) is 1.74. The van der Waals surface area contributed by atoms with Crippen LogP contribution in [-0.4, -0.2) is 29.1 Å². The van der Waals surface area contributed by atoms with Crippen molar-refractivity contribution in [2.24, 2.45) is 5.73 Å². The van der Waals surface area contributed by atoms with Crippen molar-refractivity contribution in [1.29, 1.82) is 0 Å². The SMILES string of the molecule is Cc1c(Cl)nc(C2CC2)nc1NCCNC(N)=O. The minimum absolute atomic E-state index is 0.440. The molecule has 7 heteroatoms. The number of amides is 2. The first-order valence-corrected chi connectivity index (χ1v) is 6.27. The van der Waals surface area contributed by atoms with E-state index < -0.39 is 6.03 Å². The third-order valence-electron chi connectivity index (χ3n) is 2.76. The number of nitrogens with one attached hydrogen (secondary N) is 2. The molecule has 0 saturated heterocycles. The zero-order valence-corrected chi connectivity index (χ0v) is 10.9. The van der Waals surface area contributed by atoms with Crippen molar-refractivity contribution in [2.75, 3.05) is 18.4 Å². The van der Waals surface area contributed by atoms with Crippen LogP contribution in [0, 0.1) is 6.92 Å². The van der Waals surface area contributed by atoms with E-state index in [9.17, 15) is 4.79 Å². The summed E-state index contributed by atoms with van der Waals surface area (Å²) >= 11 is 6.07. The Morgan fingerprint density at radius 1 is 1.44 bits per heavy atom. The van der Waals surface area contributed by atoms with Crippen LogP contribution >= 0.6 is 11.6 Å². The zero-order chi connectivity index (χ0) is 13.1. The highest BCUT2D eigenvalue weighted by Crippen LogP contribution is 2.39. The Morgan fingerprint density at radius 2 is 2.17 bits per heavy atom. The number of halogens is 1. The number of hydrogen-bond donors (Lipinski definition) is 3. The molecule has 1 aromatic rings. The van der Waals surface area contributed by atoms with Gasteiger partial charge in [0.1, 0.15) is 16.8 Å². The van der Waals surface area contributed by atoms with Gasteiger partial charge in [0.2, 0.25) is 0 Å². The second-order valence-electron chi connectivity index (χ2n) is 4.34. The van der Waals surface area contributed by atoms with Gasteiger partial charge in [-0.15, -0.1) is 0 Å². The predicted molar refractivity (Wildman–Crippen MR) is 69.8 cm³/mol. The molecule has 2 amide bonds. The molecule has 0 unspecified atom stereocenters. The van der Waals surface area contributed by atoms with Gasteiger partial charge in [-0.1, -0.05) is 11.6 Å². The van der Waals surface area contributed by atoms with E-state index in [2.05, 4.69) is 20.6 Å². The molecule has 0 radical (unpaired) electrons. The predicted octanol–water partition coefficient (Wildman–Crippen LogP) is 1.40. The molecule has 4 N–H and O–H groups in total. The molecule has 2 rings (SSSR count). The fraction of sp³-hybridized carbons (Fsp3) is 0.545. The minimum atomic E-state index is -0.534. The fourth-order valence-electron chi connectivity index (χ4n) is 1.57. The average molecular weight is 270 g/mol. The summed E-state index contributed by atoms with van der Waals surface area (Å²) in [5.41, 5.74) is 5.79. The number of urea groups is 1. The number of carbonyl (C=O) groups is 1. The van der Waals surface area contributed by atoms with Crippen LogP contribution in [0.15, 0.2) is 0 Å². The largest absolute Gasteiger partial charge is 0.368 e. The van der Waals surface area contributed by atoms with E-state index in [4.69, 9.17) is 17.3 Å². The minimum Gasteiger partial charge on any atom is -0.368 e. The summed E-state index contributed by atoms with van der Waals surface area (Å²) in [5, 5.41) is 6.11. The Morgan fingerprint density at radius 3 is 2.78 bits per heavy atom. The van der Waals surface area contributed by atoms with Crippen LogP contribution in [0.25, 0.3) is 0 Å². The summed E-state index contributed by atoms with van der Waals surface area (Å²) in [4.78, 5) is 19.3. The molecule has 1 aliphatic carbocycles. The number of nitrogens with two attached hydrogens (primary N) is 1. The Kier molecular flexibility index (Phi) is 3.86. The van der Waals surface area contributed by atoms with Crippen LogP contribution in [-0.2, 0) is 0 Å². The summed E-state index contributed by atoms with van der Waals surface area (Å²) in [6.07, 6.45) is 2.25. The molecule has 18 heavy (non-hydrogen) atoms. The first-order valence-electron chi connectivity index (χ1n) is 5.89. The van der Waals surface area contributed by atoms with Crippen molar-refractivity contribution in [3.8, 4) is 0 Å². The van der Waals surface area contributed by atoms with Crippen LogP contribution in [0.1, 0.15) is 30.1 Å². The monoisotopic (exact) mass is 269 g/mol. The topological polar surface area (TPSA) is 92.9 Å². The number of rotatable bonds is 5. The lowest BCUT2D eigenvalue weighted by Crippen LogP contribution is -2.33. The van der Waals surface area contributed by atoms with Crippen molar-refractivity contribution in [2.45, 2.75) is 25.7 Å². The van der Waals surface area contributed by atoms with Gasteiger partial charge in [-0.3, -0.25) is 0 Å². The molecule has 0 atom stereocenters. The highest BCUT2D eigenvalue weighted by atomic mass is 35.5. The lowest BCUT2D eigenvalue weighted by atomic mass is 10.3. The van der Waals surface area contributed by atoms with E-state index in [-0.39, 0.29) is 0 Å². The van der Waals surface area contributed by atoms with Gasteiger partial charge in [0.05, 0.1) is 0 Å². The molecule has 1 fully saturated rings. The Bertz CT molecular complexity index is 461. The lowest BCUT2D eigenvalue weighted by Gasteiger charge is -2.11. The number of carbonyl (C=O) groups excluding carboxylic acids is 1. The summed E-state index contributed by atoms with van der Waals surface area (Å²) in [6, 6.07) is -0.534. The second kappa shape index (κ2) is 5.39. The van der Waals surface area contributed by atoms with Gasteiger partial charge in [-0.25, -0.2) is 14.8 Å². The van der Waals surface area contributed by atoms with Crippen LogP contribution in [0.2, 0.25) is 5.15 Å². The average Bonchev–Trinajstić information content (AvgIpc) is 3.13. The van der Waals surface area contributed by atoms with Crippen molar-refractivity contribution in [1.82, 2.24) is 15.3 Å². The van der Waals surface area contributed by atoms with E-state index in [1.807, 2.05) is 6.92 Å². The number of nitrogens with zero attached hydrogens (tertiary/aromatic N) is 2. The maximum atomic E-state index is 10.5. The highest BCUT2D eigenvalue weighted by Gasteiger charge is 2.27. The maximum Gasteiger partial charge on any atom is 0.312 e. The van der Waals surface area contributed by atoms with Crippen molar-refractivity contribution in [3.63, 3.8) is 0 Å². The van der Waals surface area contributed by atoms with Crippen molar-refractivity contribution >= 4 is 23.4 Å². The van der Waals surface area contributed by atoms with E-state index in [1.165, 1.54) is 0 Å². The quantitative estimate of drug-likeness (QED) is 0.556. The van der Waals surface area contributed by atoms with Crippen molar-refractivity contribution in [3.05, 3.63) is 16.5 Å². The standard InChI is InChI=1S/C11H16ClN5O/c1-6-8(12)16-10(7-2-3-7)17-9(6)14-4-5-15-11(13)18/h7H,2-5H2,1H3,(H3,13,15,18)(H,14,16,17). The number of anilines is 1. The molecule has 98 valence electrons. The molecule has 1 heterocycles. The van der Waals surface area contributed by atoms with Gasteiger partial charge in [0, 0.05) is 24.6 Å². The van der Waals surface area contributed by atoms with E-state index in [0.717, 1.165) is 30.0 Å². The van der Waals surface area contributed by atoms with Crippen molar-refractivity contribution < 1.29 is 4.79 Å². The summed E-state index contributed by atoms with van der Waals surface area (Å²) in [7, 11) is 0. The van der Waals surface area contributed by atoms with Gasteiger partial charge >= 0.3 is 6.03 Å². The Balaban J connectivity index is 1.99. The molecular weight excluding hydrogens is 254 g/mol. The molecular formula is C11H16ClN5O. The molecule has 0 aliphatic heterocycles. The second-order valence-corrected chi connectivity index (χ2v) is 4.70. The number of hydrogen-bond acceptors (Lipinski definition) is 4. The highest BCUT2D eigenvalue weighted by molar-refractivity contribution is 6.30. The van der Waals surface area contributed by atoms with E-state index in [0.29, 0.717) is 24.2 Å². The van der Waals surface area contributed by atoms with Crippen LogP contribution < -0.4 is 16.4 Å². The number of primary amides is 1. The van der Waals surface area contributed by atoms with Gasteiger partial charge in [0.15, 0.2) is 0 Å². The molecule has 0 aromatic carbocycles. The first-order chi connectivity index (χ1) is 8.58. The summed E-state index contributed by atoms with van der Waals surface area (Å²) in [5.74, 6) is 1.98. The molecule has 1 aromatic heterocycles. The third-order valence-corrected chi connectivity index (χ3v) is 3.13. The number of aromatic nitrogens is 2. The van der Waals surface area contributed by atoms with Gasteiger partial charge in [0.25, 0.3) is 0 Å². The first kappa shape index (κ1) is 12.9. The molecule has 1 saturated carbocycles. The Labute approximate surface area is 110 Å². The summed E-state index contributed by atoms with van der Waals surface area (Å²) in [6.45, 7) is 2.85. The Hall–Kier alpha value is -1.56. The third kappa shape index (κ3) is 3.22. The molecule has 1 aliphatic rings. The van der Waals surface area contributed by atoms with E-state index >= 15 is 0 Å². The normalized spacial score (nSPS) is 14.3. The molecule has 0 bridgehead atoms. The van der Waals surface area contributed by atoms with Gasteiger partial charge in [-0.05, 0) is 19.8 Å². The van der Waals surface area contributed by atoms with E-state index in [1.54, 1.807) is 0 Å². The summed E-state index contributed by atoms with van der Waals surface area (Å²) < 4.78 is 0. The lowest BCUT2D eigenvalue weighted by molar-refractivity contribution is 0.249. The zero-order valence-electron chi connectivity index (χ0n) is 10.2. The van der Waals surface area contributed by atoms with Gasteiger partial charge < -0.3 is 16.4 Å². The van der Waals surface area contributed by atoms with Gasteiger partial charge in [-0.2, -0.15) is 0 Å². The smallest absolute Gasteiger partial charge is 0.312 e. The maximum absolute atomic E-state index is 10.5. The van der Waals surface area contributed by atoms with Crippen LogP contribution in [0.5, 0.6) is 0 Å². The van der Waals surface area contributed by atoms with Crippen LogP contribution in [0.3, 0.4) is 0 Å².